The van der Waals surface area contributed by atoms with Gasteiger partial charge in [0, 0.05) is 19.3 Å². The largest absolute Gasteiger partial charge is 0.304 e. The fraction of sp³-hybridized carbons (Fsp3) is 0.154. The van der Waals surface area contributed by atoms with Crippen molar-refractivity contribution in [3.05, 3.63) is 51.2 Å². The van der Waals surface area contributed by atoms with Gasteiger partial charge in [0.1, 0.15) is 17.2 Å². The Morgan fingerprint density at radius 2 is 2.24 bits per heavy atom. The van der Waals surface area contributed by atoms with E-state index in [0.29, 0.717) is 5.56 Å². The molecule has 0 aliphatic carbocycles. The van der Waals surface area contributed by atoms with Gasteiger partial charge in [-0.3, -0.25) is 19.6 Å². The first-order valence-corrected chi connectivity index (χ1v) is 5.93. The molecule has 0 atom stereocenters. The van der Waals surface area contributed by atoms with Crippen molar-refractivity contribution < 1.29 is 9.72 Å². The first-order valence-electron chi connectivity index (χ1n) is 5.93. The molecule has 8 nitrogen and oxygen atoms in total. The normalized spacial score (nSPS) is 9.95. The average molecular weight is 285 g/mol. The maximum atomic E-state index is 12.3. The van der Waals surface area contributed by atoms with E-state index in [1.165, 1.54) is 23.0 Å². The molecule has 0 spiro atoms. The zero-order chi connectivity index (χ0) is 15.6. The van der Waals surface area contributed by atoms with E-state index in [1.54, 1.807) is 20.0 Å². The van der Waals surface area contributed by atoms with Crippen molar-refractivity contribution in [2.45, 2.75) is 6.92 Å². The first-order chi connectivity index (χ1) is 9.93. The molecule has 2 rings (SSSR count). The van der Waals surface area contributed by atoms with Crippen molar-refractivity contribution in [1.29, 1.82) is 5.26 Å². The van der Waals surface area contributed by atoms with Crippen LogP contribution in [-0.4, -0.2) is 20.6 Å². The quantitative estimate of drug-likeness (QED) is 0.681. The molecule has 0 aliphatic heterocycles. The standard InChI is InChI=1S/C13H11N5O3/c1-8-4-3-5-10(18(20)21)11(8)13(19)15-12-9(6-14)7-17(2)16-12/h3-5,7H,1-2H3,(H,15,16,19). The number of benzene rings is 1. The lowest BCUT2D eigenvalue weighted by Crippen LogP contribution is -2.16. The fourth-order valence-corrected chi connectivity index (χ4v) is 1.93. The van der Waals surface area contributed by atoms with Gasteiger partial charge in [0.2, 0.25) is 0 Å². The van der Waals surface area contributed by atoms with Gasteiger partial charge in [0.05, 0.1) is 4.92 Å². The monoisotopic (exact) mass is 285 g/mol. The highest BCUT2D eigenvalue weighted by atomic mass is 16.6. The summed E-state index contributed by atoms with van der Waals surface area (Å²) in [6.07, 6.45) is 1.45. The van der Waals surface area contributed by atoms with Gasteiger partial charge in [-0.05, 0) is 12.5 Å². The van der Waals surface area contributed by atoms with Crippen LogP contribution in [0.1, 0.15) is 21.5 Å². The number of hydrogen-bond acceptors (Lipinski definition) is 5. The second kappa shape index (κ2) is 5.42. The molecule has 0 aliphatic rings. The van der Waals surface area contributed by atoms with Crippen LogP contribution in [0.15, 0.2) is 24.4 Å². The maximum Gasteiger partial charge on any atom is 0.282 e. The molecule has 0 fully saturated rings. The van der Waals surface area contributed by atoms with Crippen molar-refractivity contribution in [2.24, 2.45) is 7.05 Å². The third-order valence-corrected chi connectivity index (χ3v) is 2.86. The van der Waals surface area contributed by atoms with Crippen molar-refractivity contribution in [2.75, 3.05) is 5.32 Å². The number of aromatic nitrogens is 2. The van der Waals surface area contributed by atoms with E-state index >= 15 is 0 Å². The van der Waals surface area contributed by atoms with Crippen molar-refractivity contribution >= 4 is 17.4 Å². The number of amides is 1. The molecule has 1 aromatic carbocycles. The smallest absolute Gasteiger partial charge is 0.282 e. The molecule has 0 radical (unpaired) electrons. The van der Waals surface area contributed by atoms with Crippen molar-refractivity contribution in [3.63, 3.8) is 0 Å². The molecule has 2 aromatic rings. The van der Waals surface area contributed by atoms with E-state index in [4.69, 9.17) is 5.26 Å². The van der Waals surface area contributed by atoms with E-state index in [-0.39, 0.29) is 22.6 Å². The van der Waals surface area contributed by atoms with Crippen LogP contribution in [0.4, 0.5) is 11.5 Å². The number of aryl methyl sites for hydroxylation is 2. The maximum absolute atomic E-state index is 12.3. The lowest BCUT2D eigenvalue weighted by molar-refractivity contribution is -0.385. The number of nitrogens with one attached hydrogen (secondary N) is 1. The molecule has 1 N–H and O–H groups in total. The van der Waals surface area contributed by atoms with Gasteiger partial charge in [-0.25, -0.2) is 0 Å². The van der Waals surface area contributed by atoms with Gasteiger partial charge in [0.15, 0.2) is 5.82 Å². The zero-order valence-electron chi connectivity index (χ0n) is 11.3. The molecule has 21 heavy (non-hydrogen) atoms. The lowest BCUT2D eigenvalue weighted by Gasteiger charge is -2.06. The van der Waals surface area contributed by atoms with Gasteiger partial charge in [-0.2, -0.15) is 10.4 Å². The molecule has 0 bridgehead atoms. The summed E-state index contributed by atoms with van der Waals surface area (Å²) < 4.78 is 1.38. The Hall–Kier alpha value is -3.21. The van der Waals surface area contributed by atoms with E-state index in [1.807, 2.05) is 6.07 Å². The molecule has 1 heterocycles. The molecule has 1 aromatic heterocycles. The van der Waals surface area contributed by atoms with Gasteiger partial charge < -0.3 is 5.32 Å². The average Bonchev–Trinajstić information content (AvgIpc) is 2.78. The Labute approximate surface area is 119 Å². The molecular formula is C13H11N5O3. The summed E-state index contributed by atoms with van der Waals surface area (Å²) in [4.78, 5) is 22.7. The van der Waals surface area contributed by atoms with Crippen LogP contribution in [0.25, 0.3) is 0 Å². The first kappa shape index (κ1) is 14.2. The number of nitrogens with zero attached hydrogens (tertiary/aromatic N) is 4. The summed E-state index contributed by atoms with van der Waals surface area (Å²) in [6, 6.07) is 6.26. The number of carbonyl (C=O) groups is 1. The number of rotatable bonds is 3. The second-order valence-electron chi connectivity index (χ2n) is 4.36. The number of hydrogen-bond donors (Lipinski definition) is 1. The Morgan fingerprint density at radius 3 is 2.86 bits per heavy atom. The van der Waals surface area contributed by atoms with E-state index < -0.39 is 10.8 Å². The van der Waals surface area contributed by atoms with Gasteiger partial charge in [0.25, 0.3) is 11.6 Å². The summed E-state index contributed by atoms with van der Waals surface area (Å²) in [5, 5.41) is 26.3. The minimum Gasteiger partial charge on any atom is -0.304 e. The molecular weight excluding hydrogens is 274 g/mol. The summed E-state index contributed by atoms with van der Waals surface area (Å²) in [5.74, 6) is -0.599. The Morgan fingerprint density at radius 1 is 1.52 bits per heavy atom. The highest BCUT2D eigenvalue weighted by molar-refractivity contribution is 6.08. The van der Waals surface area contributed by atoms with Gasteiger partial charge in [-0.1, -0.05) is 12.1 Å². The minimum absolute atomic E-state index is 0.0444. The number of anilines is 1. The Balaban J connectivity index is 2.42. The highest BCUT2D eigenvalue weighted by Crippen LogP contribution is 2.23. The Kier molecular flexibility index (Phi) is 3.67. The molecule has 0 saturated heterocycles. The third kappa shape index (κ3) is 2.71. The van der Waals surface area contributed by atoms with Crippen molar-refractivity contribution in [1.82, 2.24) is 9.78 Å². The Bertz CT molecular complexity index is 773. The summed E-state index contributed by atoms with van der Waals surface area (Å²) >= 11 is 0. The predicted octanol–water partition coefficient (Wildman–Crippen LogP) is 1.76. The lowest BCUT2D eigenvalue weighted by atomic mass is 10.1. The fourth-order valence-electron chi connectivity index (χ4n) is 1.93. The summed E-state index contributed by atoms with van der Waals surface area (Å²) in [7, 11) is 1.60. The molecule has 8 heteroatoms. The molecule has 106 valence electrons. The van der Waals surface area contributed by atoms with Gasteiger partial charge >= 0.3 is 0 Å². The van der Waals surface area contributed by atoms with Crippen LogP contribution in [-0.2, 0) is 7.05 Å². The number of carbonyl (C=O) groups excluding carboxylic acids is 1. The van der Waals surface area contributed by atoms with Crippen LogP contribution < -0.4 is 5.32 Å². The highest BCUT2D eigenvalue weighted by Gasteiger charge is 2.23. The minimum atomic E-state index is -0.671. The number of nitro groups is 1. The van der Waals surface area contributed by atoms with E-state index in [2.05, 4.69) is 10.4 Å². The summed E-state index contributed by atoms with van der Waals surface area (Å²) in [5.41, 5.74) is 0.317. The van der Waals surface area contributed by atoms with E-state index in [9.17, 15) is 14.9 Å². The molecule has 1 amide bonds. The van der Waals surface area contributed by atoms with Gasteiger partial charge in [-0.15, -0.1) is 0 Å². The topological polar surface area (TPSA) is 114 Å². The van der Waals surface area contributed by atoms with Crippen LogP contribution in [0, 0.1) is 28.4 Å². The molecule has 0 unspecified atom stereocenters. The van der Waals surface area contributed by atoms with E-state index in [0.717, 1.165) is 0 Å². The predicted molar refractivity (Wildman–Crippen MR) is 73.7 cm³/mol. The van der Waals surface area contributed by atoms with Crippen LogP contribution in [0.5, 0.6) is 0 Å². The molecule has 0 saturated carbocycles. The zero-order valence-corrected chi connectivity index (χ0v) is 11.3. The van der Waals surface area contributed by atoms with Crippen LogP contribution >= 0.6 is 0 Å². The van der Waals surface area contributed by atoms with Crippen LogP contribution in [0.3, 0.4) is 0 Å². The van der Waals surface area contributed by atoms with Crippen molar-refractivity contribution in [3.8, 4) is 6.07 Å². The number of nitriles is 1. The summed E-state index contributed by atoms with van der Waals surface area (Å²) in [6.45, 7) is 1.60. The third-order valence-electron chi connectivity index (χ3n) is 2.86. The second-order valence-corrected chi connectivity index (χ2v) is 4.36. The van der Waals surface area contributed by atoms with Crippen LogP contribution in [0.2, 0.25) is 0 Å². The SMILES string of the molecule is Cc1cccc([N+](=O)[O-])c1C(=O)Nc1nn(C)cc1C#N. The number of nitro benzene ring substituents is 1.